The van der Waals surface area contributed by atoms with Crippen molar-refractivity contribution >= 4 is 50.1 Å². The van der Waals surface area contributed by atoms with Gasteiger partial charge in [0, 0.05) is 0 Å². The average molecular weight is 342 g/mol. The Morgan fingerprint density at radius 2 is 2.00 bits per heavy atom. The lowest BCUT2D eigenvalue weighted by Gasteiger charge is -2.09. The molecule has 0 atom stereocenters. The van der Waals surface area contributed by atoms with Crippen LogP contribution in [0.1, 0.15) is 0 Å². The third-order valence-corrected chi connectivity index (χ3v) is 5.00. The number of phenols is 1. The molecule has 0 amide bonds. The lowest BCUT2D eigenvalue weighted by Crippen LogP contribution is -2.13. The normalized spacial score (nSPS) is 11.7. The second-order valence-corrected chi connectivity index (χ2v) is 6.75. The summed E-state index contributed by atoms with van der Waals surface area (Å²) in [6.45, 7) is 0. The van der Waals surface area contributed by atoms with Gasteiger partial charge in [-0.05, 0) is 30.3 Å². The van der Waals surface area contributed by atoms with E-state index in [9.17, 15) is 13.5 Å². The van der Waals surface area contributed by atoms with Crippen LogP contribution in [0.3, 0.4) is 0 Å². The first kappa shape index (κ1) is 14.1. The molecule has 0 unspecified atom stereocenters. The van der Waals surface area contributed by atoms with Crippen molar-refractivity contribution in [1.29, 1.82) is 0 Å². The van der Waals surface area contributed by atoms with Crippen molar-refractivity contribution in [3.63, 3.8) is 0 Å². The number of sulfonamides is 1. The quantitative estimate of drug-likeness (QED) is 0.715. The maximum atomic E-state index is 12.4. The molecule has 3 aromatic rings. The fourth-order valence-electron chi connectivity index (χ4n) is 1.78. The van der Waals surface area contributed by atoms with Gasteiger partial charge in [0.05, 0.1) is 22.4 Å². The van der Waals surface area contributed by atoms with E-state index in [-0.39, 0.29) is 21.4 Å². The highest BCUT2D eigenvalue weighted by atomic mass is 35.5. The van der Waals surface area contributed by atoms with Gasteiger partial charge in [0.15, 0.2) is 0 Å². The Bertz CT molecular complexity index is 924. The van der Waals surface area contributed by atoms with Crippen LogP contribution in [-0.2, 0) is 10.0 Å². The topological polar surface area (TPSA) is 92.2 Å². The monoisotopic (exact) mass is 341 g/mol. The Kier molecular flexibility index (Phi) is 3.44. The molecule has 1 aromatic heterocycles. The van der Waals surface area contributed by atoms with E-state index in [1.165, 1.54) is 24.3 Å². The standard InChI is InChI=1S/C12H8ClN3O3S2/c13-8-6-7(4-5-10(8)17)16-21(18,19)11-3-1-2-9-12(11)15-20-14-9/h1-6,16-17H. The van der Waals surface area contributed by atoms with Crippen molar-refractivity contribution in [3.05, 3.63) is 41.4 Å². The largest absolute Gasteiger partial charge is 0.506 e. The van der Waals surface area contributed by atoms with E-state index in [4.69, 9.17) is 11.6 Å². The summed E-state index contributed by atoms with van der Waals surface area (Å²) < 4.78 is 35.3. The number of nitrogens with one attached hydrogen (secondary N) is 1. The molecule has 108 valence electrons. The van der Waals surface area contributed by atoms with Gasteiger partial charge in [0.2, 0.25) is 0 Å². The summed E-state index contributed by atoms with van der Waals surface area (Å²) in [5, 5.41) is 9.41. The molecule has 0 saturated heterocycles. The minimum absolute atomic E-state index is 0.0398. The summed E-state index contributed by atoms with van der Waals surface area (Å²) in [7, 11) is -3.83. The number of benzene rings is 2. The Labute approximate surface area is 129 Å². The van der Waals surface area contributed by atoms with Crippen LogP contribution < -0.4 is 4.72 Å². The first-order chi connectivity index (χ1) is 9.97. The maximum Gasteiger partial charge on any atom is 0.264 e. The molecule has 9 heteroatoms. The van der Waals surface area contributed by atoms with Crippen molar-refractivity contribution in [3.8, 4) is 5.75 Å². The molecule has 3 rings (SSSR count). The SMILES string of the molecule is O=S(=O)(Nc1ccc(O)c(Cl)c1)c1cccc2nsnc12. The molecule has 2 N–H and O–H groups in total. The number of hydrogen-bond acceptors (Lipinski definition) is 6. The number of nitrogens with zero attached hydrogens (tertiary/aromatic N) is 2. The van der Waals surface area contributed by atoms with Crippen molar-refractivity contribution in [2.75, 3.05) is 4.72 Å². The molecular weight excluding hydrogens is 334 g/mol. The summed E-state index contributed by atoms with van der Waals surface area (Å²) in [5.74, 6) is -0.120. The number of halogens is 1. The molecule has 0 spiro atoms. The maximum absolute atomic E-state index is 12.4. The molecular formula is C12H8ClN3O3S2. The number of aromatic hydroxyl groups is 1. The van der Waals surface area contributed by atoms with Crippen LogP contribution in [0.25, 0.3) is 11.0 Å². The number of fused-ring (bicyclic) bond motifs is 1. The van der Waals surface area contributed by atoms with Gasteiger partial charge in [-0.3, -0.25) is 4.72 Å². The van der Waals surface area contributed by atoms with Gasteiger partial charge in [-0.15, -0.1) is 0 Å². The van der Waals surface area contributed by atoms with Gasteiger partial charge in [0.25, 0.3) is 10.0 Å². The van der Waals surface area contributed by atoms with Gasteiger partial charge in [-0.2, -0.15) is 8.75 Å². The van der Waals surface area contributed by atoms with Crippen molar-refractivity contribution in [2.24, 2.45) is 0 Å². The van der Waals surface area contributed by atoms with E-state index in [0.717, 1.165) is 11.7 Å². The summed E-state index contributed by atoms with van der Waals surface area (Å²) in [5.41, 5.74) is 1.09. The van der Waals surface area contributed by atoms with Crippen LogP contribution in [-0.4, -0.2) is 22.3 Å². The van der Waals surface area contributed by atoms with E-state index in [0.29, 0.717) is 11.0 Å². The summed E-state index contributed by atoms with van der Waals surface area (Å²) in [4.78, 5) is 0.0398. The highest BCUT2D eigenvalue weighted by Gasteiger charge is 2.20. The number of anilines is 1. The van der Waals surface area contributed by atoms with E-state index in [1.807, 2.05) is 0 Å². The van der Waals surface area contributed by atoms with Crippen LogP contribution >= 0.6 is 23.3 Å². The smallest absolute Gasteiger partial charge is 0.264 e. The van der Waals surface area contributed by atoms with Gasteiger partial charge in [0.1, 0.15) is 21.7 Å². The Balaban J connectivity index is 2.04. The van der Waals surface area contributed by atoms with Crippen LogP contribution in [0, 0.1) is 0 Å². The van der Waals surface area contributed by atoms with Crippen molar-refractivity contribution in [2.45, 2.75) is 4.90 Å². The molecule has 0 bridgehead atoms. The van der Waals surface area contributed by atoms with Crippen LogP contribution in [0.4, 0.5) is 5.69 Å². The van der Waals surface area contributed by atoms with Gasteiger partial charge >= 0.3 is 0 Å². The number of hydrogen-bond donors (Lipinski definition) is 2. The predicted octanol–water partition coefficient (Wildman–Crippen LogP) is 2.85. The molecule has 0 aliphatic heterocycles. The van der Waals surface area contributed by atoms with Gasteiger partial charge < -0.3 is 5.11 Å². The van der Waals surface area contributed by atoms with Crippen molar-refractivity contribution in [1.82, 2.24) is 8.75 Å². The molecule has 0 radical (unpaired) electrons. The fourth-order valence-corrected chi connectivity index (χ4v) is 3.78. The first-order valence-electron chi connectivity index (χ1n) is 5.70. The number of phenolic OH excluding ortho intramolecular Hbond substituents is 1. The Morgan fingerprint density at radius 3 is 2.76 bits per heavy atom. The molecule has 0 aliphatic rings. The molecule has 21 heavy (non-hydrogen) atoms. The third-order valence-electron chi connectivity index (χ3n) is 2.74. The zero-order chi connectivity index (χ0) is 15.0. The highest BCUT2D eigenvalue weighted by Crippen LogP contribution is 2.28. The molecule has 0 aliphatic carbocycles. The Hall–Kier alpha value is -1.90. The number of aromatic nitrogens is 2. The minimum Gasteiger partial charge on any atom is -0.506 e. The fraction of sp³-hybridized carbons (Fsp3) is 0. The van der Waals surface area contributed by atoms with Crippen LogP contribution in [0.2, 0.25) is 5.02 Å². The zero-order valence-electron chi connectivity index (χ0n) is 10.3. The molecule has 0 fully saturated rings. The Morgan fingerprint density at radius 1 is 1.19 bits per heavy atom. The summed E-state index contributed by atoms with van der Waals surface area (Å²) >= 11 is 6.71. The lowest BCUT2D eigenvalue weighted by molar-refractivity contribution is 0.475. The lowest BCUT2D eigenvalue weighted by atomic mass is 10.3. The first-order valence-corrected chi connectivity index (χ1v) is 8.29. The number of rotatable bonds is 3. The van der Waals surface area contributed by atoms with Crippen molar-refractivity contribution < 1.29 is 13.5 Å². The van der Waals surface area contributed by atoms with Gasteiger partial charge in [-0.25, -0.2) is 8.42 Å². The van der Waals surface area contributed by atoms with E-state index in [2.05, 4.69) is 13.5 Å². The minimum atomic E-state index is -3.83. The van der Waals surface area contributed by atoms with E-state index in [1.54, 1.807) is 12.1 Å². The van der Waals surface area contributed by atoms with Crippen LogP contribution in [0.5, 0.6) is 5.75 Å². The summed E-state index contributed by atoms with van der Waals surface area (Å²) in [6.07, 6.45) is 0. The highest BCUT2D eigenvalue weighted by molar-refractivity contribution is 7.93. The molecule has 1 heterocycles. The second kappa shape index (κ2) is 5.14. The predicted molar refractivity (Wildman–Crippen MR) is 81.3 cm³/mol. The van der Waals surface area contributed by atoms with Crippen LogP contribution in [0.15, 0.2) is 41.3 Å². The zero-order valence-corrected chi connectivity index (χ0v) is 12.7. The average Bonchev–Trinajstić information content (AvgIpc) is 2.90. The van der Waals surface area contributed by atoms with E-state index >= 15 is 0 Å². The molecule has 0 saturated carbocycles. The van der Waals surface area contributed by atoms with E-state index < -0.39 is 10.0 Å². The molecule has 6 nitrogen and oxygen atoms in total. The molecule has 2 aromatic carbocycles. The third kappa shape index (κ3) is 2.65. The second-order valence-electron chi connectivity index (χ2n) is 4.16. The van der Waals surface area contributed by atoms with Gasteiger partial charge in [-0.1, -0.05) is 17.7 Å². The summed E-state index contributed by atoms with van der Waals surface area (Å²) in [6, 6.07) is 8.79.